The minimum absolute atomic E-state index is 0.0641. The molecule has 2 amide bonds. The molecule has 1 fully saturated rings. The summed E-state index contributed by atoms with van der Waals surface area (Å²) < 4.78 is 22.9. The second-order valence-electron chi connectivity index (χ2n) is 4.74. The standard InChI is InChI=1S/C12H15N3O4S2/c1-6-3-8(21(13,18)19)4-9(7(6)2)14-11(16)10-5-20-12(17)15-10/h3-4,10H,5H2,1-2H3,(H,14,16)(H,15,17)(H2,13,18,19). The van der Waals surface area contributed by atoms with Gasteiger partial charge in [-0.1, -0.05) is 11.8 Å². The van der Waals surface area contributed by atoms with Crippen LogP contribution in [0.25, 0.3) is 0 Å². The Hall–Kier alpha value is -1.58. The summed E-state index contributed by atoms with van der Waals surface area (Å²) in [6, 6.07) is 2.15. The molecule has 0 saturated carbocycles. The first-order chi connectivity index (χ1) is 9.68. The van der Waals surface area contributed by atoms with Gasteiger partial charge >= 0.3 is 0 Å². The normalized spacial score (nSPS) is 18.4. The minimum Gasteiger partial charge on any atom is -0.334 e. The van der Waals surface area contributed by atoms with Gasteiger partial charge in [0, 0.05) is 11.4 Å². The van der Waals surface area contributed by atoms with E-state index >= 15 is 0 Å². The second kappa shape index (κ2) is 5.66. The highest BCUT2D eigenvalue weighted by Crippen LogP contribution is 2.24. The number of amides is 2. The van der Waals surface area contributed by atoms with Crippen LogP contribution in [-0.2, 0) is 14.8 Å². The average Bonchev–Trinajstić information content (AvgIpc) is 2.80. The van der Waals surface area contributed by atoms with Crippen LogP contribution in [0, 0.1) is 13.8 Å². The number of hydrogen-bond donors (Lipinski definition) is 3. The number of primary sulfonamides is 1. The Morgan fingerprint density at radius 1 is 1.43 bits per heavy atom. The monoisotopic (exact) mass is 329 g/mol. The van der Waals surface area contributed by atoms with Gasteiger partial charge in [0.05, 0.1) is 4.90 Å². The molecule has 0 bridgehead atoms. The van der Waals surface area contributed by atoms with Crippen LogP contribution in [0.15, 0.2) is 17.0 Å². The van der Waals surface area contributed by atoms with E-state index in [-0.39, 0.29) is 16.0 Å². The molecule has 1 atom stereocenters. The molecule has 114 valence electrons. The molecule has 1 heterocycles. The predicted molar refractivity (Wildman–Crippen MR) is 80.7 cm³/mol. The summed E-state index contributed by atoms with van der Waals surface area (Å²) in [5.41, 5.74) is 1.81. The zero-order valence-electron chi connectivity index (χ0n) is 11.5. The van der Waals surface area contributed by atoms with Crippen molar-refractivity contribution in [1.82, 2.24) is 5.32 Å². The van der Waals surface area contributed by atoms with E-state index in [1.807, 2.05) is 0 Å². The van der Waals surface area contributed by atoms with E-state index in [1.165, 1.54) is 12.1 Å². The molecule has 9 heteroatoms. The van der Waals surface area contributed by atoms with Crippen molar-refractivity contribution in [3.63, 3.8) is 0 Å². The number of hydrogen-bond acceptors (Lipinski definition) is 5. The Morgan fingerprint density at radius 3 is 2.62 bits per heavy atom. The number of thioether (sulfide) groups is 1. The largest absolute Gasteiger partial charge is 0.334 e. The highest BCUT2D eigenvalue weighted by molar-refractivity contribution is 8.14. The van der Waals surface area contributed by atoms with Crippen LogP contribution in [-0.4, -0.2) is 31.4 Å². The van der Waals surface area contributed by atoms with E-state index in [1.54, 1.807) is 13.8 Å². The lowest BCUT2D eigenvalue weighted by atomic mass is 10.1. The van der Waals surface area contributed by atoms with Gasteiger partial charge in [0.1, 0.15) is 6.04 Å². The minimum atomic E-state index is -3.85. The molecule has 1 unspecified atom stereocenters. The highest BCUT2D eigenvalue weighted by atomic mass is 32.2. The summed E-state index contributed by atoms with van der Waals surface area (Å²) >= 11 is 1.03. The fraction of sp³-hybridized carbons (Fsp3) is 0.333. The topological polar surface area (TPSA) is 118 Å². The molecule has 2 rings (SSSR count). The van der Waals surface area contributed by atoms with Crippen molar-refractivity contribution in [2.75, 3.05) is 11.1 Å². The van der Waals surface area contributed by atoms with E-state index < -0.39 is 16.1 Å². The molecule has 1 aromatic rings. The fourth-order valence-corrected chi connectivity index (χ4v) is 3.27. The molecular weight excluding hydrogens is 314 g/mol. The molecule has 1 aliphatic heterocycles. The van der Waals surface area contributed by atoms with Gasteiger partial charge < -0.3 is 10.6 Å². The third-order valence-corrected chi connectivity index (χ3v) is 4.99. The lowest BCUT2D eigenvalue weighted by Crippen LogP contribution is -2.38. The Bertz CT molecular complexity index is 715. The van der Waals surface area contributed by atoms with E-state index in [4.69, 9.17) is 5.14 Å². The van der Waals surface area contributed by atoms with Gasteiger partial charge in [-0.2, -0.15) is 0 Å². The summed E-state index contributed by atoms with van der Waals surface area (Å²) in [4.78, 5) is 23.1. The van der Waals surface area contributed by atoms with Crippen LogP contribution in [0.1, 0.15) is 11.1 Å². The van der Waals surface area contributed by atoms with Gasteiger partial charge in [-0.15, -0.1) is 0 Å². The van der Waals surface area contributed by atoms with Gasteiger partial charge in [-0.05, 0) is 37.1 Å². The molecular formula is C12H15N3O4S2. The lowest BCUT2D eigenvalue weighted by molar-refractivity contribution is -0.117. The van der Waals surface area contributed by atoms with Crippen molar-refractivity contribution in [2.24, 2.45) is 5.14 Å². The summed E-state index contributed by atoms with van der Waals surface area (Å²) in [7, 11) is -3.85. The summed E-state index contributed by atoms with van der Waals surface area (Å²) in [5.74, 6) is -0.0418. The van der Waals surface area contributed by atoms with Gasteiger partial charge in [0.15, 0.2) is 0 Å². The summed E-state index contributed by atoms with van der Waals surface area (Å²) in [6.07, 6.45) is 0. The van der Waals surface area contributed by atoms with Crippen molar-refractivity contribution in [3.8, 4) is 0 Å². The van der Waals surface area contributed by atoms with Crippen LogP contribution < -0.4 is 15.8 Å². The Kier molecular flexibility index (Phi) is 4.26. The maximum atomic E-state index is 12.1. The fourth-order valence-electron chi connectivity index (χ4n) is 1.87. The van der Waals surface area contributed by atoms with Crippen LogP contribution in [0.4, 0.5) is 10.5 Å². The Morgan fingerprint density at radius 2 is 2.10 bits per heavy atom. The van der Waals surface area contributed by atoms with E-state index in [0.29, 0.717) is 17.0 Å². The third-order valence-electron chi connectivity index (χ3n) is 3.22. The van der Waals surface area contributed by atoms with Crippen molar-refractivity contribution >= 4 is 38.6 Å². The van der Waals surface area contributed by atoms with Gasteiger partial charge in [-0.25, -0.2) is 13.6 Å². The number of rotatable bonds is 3. The van der Waals surface area contributed by atoms with Crippen molar-refractivity contribution in [3.05, 3.63) is 23.3 Å². The smallest absolute Gasteiger partial charge is 0.279 e. The number of nitrogens with two attached hydrogens (primary N) is 1. The van der Waals surface area contributed by atoms with E-state index in [2.05, 4.69) is 10.6 Å². The van der Waals surface area contributed by atoms with Crippen molar-refractivity contribution in [2.45, 2.75) is 24.8 Å². The number of carbonyl (C=O) groups excluding carboxylic acids is 2. The summed E-state index contributed by atoms with van der Waals surface area (Å²) in [5, 5.41) is 10.0. The van der Waals surface area contributed by atoms with Crippen LogP contribution in [0.2, 0.25) is 0 Å². The van der Waals surface area contributed by atoms with E-state index in [9.17, 15) is 18.0 Å². The maximum Gasteiger partial charge on any atom is 0.279 e. The number of carbonyl (C=O) groups is 2. The lowest BCUT2D eigenvalue weighted by Gasteiger charge is -2.15. The number of sulfonamides is 1. The highest BCUT2D eigenvalue weighted by Gasteiger charge is 2.28. The molecule has 1 aromatic carbocycles. The first-order valence-corrected chi connectivity index (χ1v) is 8.60. The Balaban J connectivity index is 2.29. The Labute approximate surface area is 126 Å². The average molecular weight is 329 g/mol. The molecule has 7 nitrogen and oxygen atoms in total. The molecule has 21 heavy (non-hydrogen) atoms. The number of nitrogens with one attached hydrogen (secondary N) is 2. The first-order valence-electron chi connectivity index (χ1n) is 6.06. The number of anilines is 1. The molecule has 0 aliphatic carbocycles. The maximum absolute atomic E-state index is 12.1. The predicted octanol–water partition coefficient (Wildman–Crippen LogP) is 0.714. The van der Waals surface area contributed by atoms with Gasteiger partial charge in [-0.3, -0.25) is 9.59 Å². The molecule has 1 aliphatic rings. The number of aryl methyl sites for hydroxylation is 1. The molecule has 4 N–H and O–H groups in total. The van der Waals surface area contributed by atoms with Crippen molar-refractivity contribution in [1.29, 1.82) is 0 Å². The molecule has 0 aromatic heterocycles. The van der Waals surface area contributed by atoms with Gasteiger partial charge in [0.2, 0.25) is 15.9 Å². The van der Waals surface area contributed by atoms with E-state index in [0.717, 1.165) is 17.3 Å². The second-order valence-corrected chi connectivity index (χ2v) is 7.30. The van der Waals surface area contributed by atoms with Gasteiger partial charge in [0.25, 0.3) is 5.24 Å². The molecule has 0 radical (unpaired) electrons. The van der Waals surface area contributed by atoms with Crippen molar-refractivity contribution < 1.29 is 18.0 Å². The van der Waals surface area contributed by atoms with Crippen LogP contribution in [0.5, 0.6) is 0 Å². The van der Waals surface area contributed by atoms with Crippen LogP contribution in [0.3, 0.4) is 0 Å². The SMILES string of the molecule is Cc1cc(S(N)(=O)=O)cc(NC(=O)C2CSC(=O)N2)c1C. The third kappa shape index (κ3) is 3.55. The number of benzene rings is 1. The molecule has 0 spiro atoms. The molecule has 1 saturated heterocycles. The first kappa shape index (κ1) is 15.8. The van der Waals surface area contributed by atoms with Crippen LogP contribution >= 0.6 is 11.8 Å². The summed E-state index contributed by atoms with van der Waals surface area (Å²) in [6.45, 7) is 3.49. The zero-order chi connectivity index (χ0) is 15.8. The quantitative estimate of drug-likeness (QED) is 0.755. The zero-order valence-corrected chi connectivity index (χ0v) is 13.1.